The molecule has 0 radical (unpaired) electrons. The minimum Gasteiger partial charge on any atom is -0.371 e. The molecule has 2 nitrogen and oxygen atoms in total. The Labute approximate surface area is 87.2 Å². The van der Waals surface area contributed by atoms with Crippen molar-refractivity contribution in [1.29, 1.82) is 0 Å². The number of aliphatic imine (C=N–C) groups is 1. The zero-order chi connectivity index (χ0) is 10.0. The molecule has 0 aromatic carbocycles. The van der Waals surface area contributed by atoms with Crippen LogP contribution < -0.4 is 5.32 Å². The fourth-order valence-corrected chi connectivity index (χ4v) is 2.62. The highest BCUT2D eigenvalue weighted by Crippen LogP contribution is 2.35. The first-order valence-corrected chi connectivity index (χ1v) is 5.98. The Morgan fingerprint density at radius 1 is 1.29 bits per heavy atom. The van der Waals surface area contributed by atoms with Gasteiger partial charge in [-0.25, -0.2) is 0 Å². The monoisotopic (exact) mass is 194 g/mol. The summed E-state index contributed by atoms with van der Waals surface area (Å²) in [6.45, 7) is 5.81. The average molecular weight is 194 g/mol. The molecule has 2 aliphatic rings. The molecule has 0 spiro atoms. The largest absolute Gasteiger partial charge is 0.371 e. The van der Waals surface area contributed by atoms with E-state index in [1.54, 1.807) is 0 Å². The lowest BCUT2D eigenvalue weighted by molar-refractivity contribution is 0.185. The van der Waals surface area contributed by atoms with Gasteiger partial charge in [-0.05, 0) is 24.7 Å². The highest BCUT2D eigenvalue weighted by molar-refractivity contribution is 5.83. The average Bonchev–Trinajstić information content (AvgIpc) is 2.61. The van der Waals surface area contributed by atoms with Gasteiger partial charge in [-0.1, -0.05) is 26.7 Å². The van der Waals surface area contributed by atoms with E-state index in [4.69, 9.17) is 0 Å². The van der Waals surface area contributed by atoms with E-state index in [2.05, 4.69) is 24.2 Å². The van der Waals surface area contributed by atoms with Crippen molar-refractivity contribution in [3.8, 4) is 0 Å². The van der Waals surface area contributed by atoms with Crippen molar-refractivity contribution < 1.29 is 0 Å². The van der Waals surface area contributed by atoms with Gasteiger partial charge >= 0.3 is 0 Å². The van der Waals surface area contributed by atoms with Crippen molar-refractivity contribution >= 4 is 5.84 Å². The van der Waals surface area contributed by atoms with E-state index in [0.29, 0.717) is 11.5 Å². The minimum atomic E-state index is 0.462. The first-order valence-electron chi connectivity index (χ1n) is 5.98. The summed E-state index contributed by atoms with van der Waals surface area (Å²) in [6, 6.07) is 0.660. The molecule has 1 unspecified atom stereocenters. The lowest BCUT2D eigenvalue weighted by atomic mass is 9.73. The van der Waals surface area contributed by atoms with Crippen LogP contribution in [0.4, 0.5) is 0 Å². The van der Waals surface area contributed by atoms with Crippen molar-refractivity contribution in [3.63, 3.8) is 0 Å². The van der Waals surface area contributed by atoms with Crippen LogP contribution in [0.5, 0.6) is 0 Å². The fraction of sp³-hybridized carbons (Fsp3) is 0.917. The molecular weight excluding hydrogens is 172 g/mol. The number of hydrogen-bond acceptors (Lipinski definition) is 2. The summed E-state index contributed by atoms with van der Waals surface area (Å²) in [6.07, 6.45) is 7.89. The molecule has 0 saturated heterocycles. The van der Waals surface area contributed by atoms with Crippen LogP contribution in [0, 0.1) is 5.41 Å². The second kappa shape index (κ2) is 3.92. The van der Waals surface area contributed by atoms with E-state index < -0.39 is 0 Å². The summed E-state index contributed by atoms with van der Waals surface area (Å²) >= 11 is 0. The molecule has 1 saturated carbocycles. The molecule has 1 atom stereocenters. The second-order valence-electron chi connectivity index (χ2n) is 5.36. The van der Waals surface area contributed by atoms with Crippen LogP contribution in [0.25, 0.3) is 0 Å². The Bertz CT molecular complexity index is 230. The van der Waals surface area contributed by atoms with Gasteiger partial charge in [0.15, 0.2) is 0 Å². The molecule has 1 heterocycles. The van der Waals surface area contributed by atoms with E-state index in [1.807, 2.05) is 0 Å². The third-order valence-electron chi connectivity index (χ3n) is 3.72. The summed E-state index contributed by atoms with van der Waals surface area (Å²) in [4.78, 5) is 4.50. The maximum Gasteiger partial charge on any atom is 0.0966 e. The molecule has 0 amide bonds. The molecule has 0 aromatic rings. The van der Waals surface area contributed by atoms with Crippen LogP contribution in [-0.4, -0.2) is 18.4 Å². The van der Waals surface area contributed by atoms with Crippen LogP contribution >= 0.6 is 0 Å². The zero-order valence-corrected chi connectivity index (χ0v) is 9.47. The predicted octanol–water partition coefficient (Wildman–Crippen LogP) is 2.74. The predicted molar refractivity (Wildman–Crippen MR) is 60.7 cm³/mol. The highest BCUT2D eigenvalue weighted by atomic mass is 15.0. The van der Waals surface area contributed by atoms with Gasteiger partial charge in [-0.2, -0.15) is 0 Å². The number of hydrogen-bond donors (Lipinski definition) is 1. The van der Waals surface area contributed by atoms with Gasteiger partial charge in [0, 0.05) is 19.0 Å². The fourth-order valence-electron chi connectivity index (χ4n) is 2.62. The third kappa shape index (κ3) is 2.10. The Hall–Kier alpha value is -0.530. The maximum atomic E-state index is 4.50. The van der Waals surface area contributed by atoms with Crippen LogP contribution in [0.2, 0.25) is 0 Å². The molecule has 1 N–H and O–H groups in total. The Kier molecular flexibility index (Phi) is 2.80. The number of nitrogens with zero attached hydrogens (tertiary/aromatic N) is 1. The van der Waals surface area contributed by atoms with Gasteiger partial charge in [0.05, 0.1) is 5.84 Å². The summed E-state index contributed by atoms with van der Waals surface area (Å²) in [5.41, 5.74) is 0.462. The Morgan fingerprint density at radius 3 is 2.79 bits per heavy atom. The summed E-state index contributed by atoms with van der Waals surface area (Å²) in [5, 5.41) is 3.66. The molecule has 1 fully saturated rings. The van der Waals surface area contributed by atoms with Crippen molar-refractivity contribution in [2.24, 2.45) is 10.4 Å². The lowest BCUT2D eigenvalue weighted by Crippen LogP contribution is -2.46. The van der Waals surface area contributed by atoms with Crippen LogP contribution in [0.1, 0.15) is 52.4 Å². The van der Waals surface area contributed by atoms with Crippen LogP contribution in [0.3, 0.4) is 0 Å². The molecule has 2 heteroatoms. The first kappa shape index (κ1) is 10.0. The normalized spacial score (nSPS) is 31.3. The van der Waals surface area contributed by atoms with E-state index in [0.717, 1.165) is 6.54 Å². The van der Waals surface area contributed by atoms with Gasteiger partial charge in [-0.3, -0.25) is 4.99 Å². The molecule has 1 aliphatic heterocycles. The molecule has 14 heavy (non-hydrogen) atoms. The minimum absolute atomic E-state index is 0.462. The summed E-state index contributed by atoms with van der Waals surface area (Å²) in [5.74, 6) is 1.27. The van der Waals surface area contributed by atoms with E-state index in [9.17, 15) is 0 Å². The zero-order valence-electron chi connectivity index (χ0n) is 9.47. The Morgan fingerprint density at radius 2 is 2.14 bits per heavy atom. The quantitative estimate of drug-likeness (QED) is 0.682. The van der Waals surface area contributed by atoms with Gasteiger partial charge in [-0.15, -0.1) is 0 Å². The standard InChI is InChI=1S/C12H22N2/c1-12(2)8-4-3-6-10(12)14-11-7-5-9-13-11/h10H,3-9H2,1-2H3,(H,13,14). The number of nitrogens with one attached hydrogen (secondary N) is 1. The highest BCUT2D eigenvalue weighted by Gasteiger charge is 2.32. The first-order chi connectivity index (χ1) is 6.68. The SMILES string of the molecule is CC1(C)CCCCC1NC1=NCCC1. The van der Waals surface area contributed by atoms with E-state index >= 15 is 0 Å². The molecular formula is C12H22N2. The van der Waals surface area contributed by atoms with Crippen molar-refractivity contribution in [2.75, 3.05) is 6.54 Å². The molecule has 1 aliphatic carbocycles. The van der Waals surface area contributed by atoms with Gasteiger partial charge in [0.25, 0.3) is 0 Å². The molecule has 0 aromatic heterocycles. The van der Waals surface area contributed by atoms with Crippen molar-refractivity contribution in [1.82, 2.24) is 5.32 Å². The number of amidine groups is 1. The second-order valence-corrected chi connectivity index (χ2v) is 5.36. The summed E-state index contributed by atoms with van der Waals surface area (Å²) < 4.78 is 0. The number of rotatable bonds is 1. The van der Waals surface area contributed by atoms with Crippen molar-refractivity contribution in [3.05, 3.63) is 0 Å². The van der Waals surface area contributed by atoms with E-state index in [-0.39, 0.29) is 0 Å². The van der Waals surface area contributed by atoms with Crippen LogP contribution in [-0.2, 0) is 0 Å². The van der Waals surface area contributed by atoms with Crippen molar-refractivity contribution in [2.45, 2.75) is 58.4 Å². The maximum absolute atomic E-state index is 4.50. The molecule has 2 rings (SSSR count). The summed E-state index contributed by atoms with van der Waals surface area (Å²) in [7, 11) is 0. The molecule has 80 valence electrons. The molecule has 0 bridgehead atoms. The lowest BCUT2D eigenvalue weighted by Gasteiger charge is -2.39. The van der Waals surface area contributed by atoms with Gasteiger partial charge in [0.2, 0.25) is 0 Å². The van der Waals surface area contributed by atoms with Gasteiger partial charge < -0.3 is 5.32 Å². The van der Waals surface area contributed by atoms with Crippen LogP contribution in [0.15, 0.2) is 4.99 Å². The third-order valence-corrected chi connectivity index (χ3v) is 3.72. The Balaban J connectivity index is 1.94. The topological polar surface area (TPSA) is 24.4 Å². The smallest absolute Gasteiger partial charge is 0.0966 e. The van der Waals surface area contributed by atoms with Gasteiger partial charge in [0.1, 0.15) is 0 Å². The van der Waals surface area contributed by atoms with E-state index in [1.165, 1.54) is 44.4 Å².